The summed E-state index contributed by atoms with van der Waals surface area (Å²) in [5.41, 5.74) is 9.57. The third-order valence-electron chi connectivity index (χ3n) is 4.92. The van der Waals surface area contributed by atoms with E-state index in [4.69, 9.17) is 5.73 Å². The number of hydrogen-bond donors (Lipinski definition) is 1. The van der Waals surface area contributed by atoms with Gasteiger partial charge in [0.2, 0.25) is 0 Å². The molecule has 2 N–H and O–H groups in total. The van der Waals surface area contributed by atoms with Crippen LogP contribution in [-0.4, -0.2) is 26.5 Å². The zero-order valence-corrected chi connectivity index (χ0v) is 15.4. The molecule has 0 bridgehead atoms. The molecule has 4 heteroatoms. The van der Waals surface area contributed by atoms with E-state index in [1.54, 1.807) is 0 Å². The highest BCUT2D eigenvalue weighted by atomic mass is 32.2. The summed E-state index contributed by atoms with van der Waals surface area (Å²) in [4.78, 5) is 0. The van der Waals surface area contributed by atoms with E-state index < -0.39 is 9.84 Å². The van der Waals surface area contributed by atoms with Crippen molar-refractivity contribution in [3.63, 3.8) is 0 Å². The quantitative estimate of drug-likeness (QED) is 0.749. The van der Waals surface area contributed by atoms with Gasteiger partial charge < -0.3 is 5.73 Å². The Morgan fingerprint density at radius 3 is 2.40 bits per heavy atom. The van der Waals surface area contributed by atoms with Crippen molar-refractivity contribution < 1.29 is 8.42 Å². The van der Waals surface area contributed by atoms with Crippen LogP contribution in [0.3, 0.4) is 0 Å². The summed E-state index contributed by atoms with van der Waals surface area (Å²) < 4.78 is 24.3. The maximum atomic E-state index is 12.2. The number of sulfone groups is 1. The molecular formula is C21H27NO2S. The topological polar surface area (TPSA) is 60.2 Å². The van der Waals surface area contributed by atoms with Gasteiger partial charge in [0.25, 0.3) is 0 Å². The fourth-order valence-electron chi connectivity index (χ4n) is 3.24. The summed E-state index contributed by atoms with van der Waals surface area (Å²) in [7, 11) is -2.93. The van der Waals surface area contributed by atoms with Crippen LogP contribution < -0.4 is 5.73 Å². The number of hydrogen-bond acceptors (Lipinski definition) is 3. The average molecular weight is 358 g/mol. The lowest BCUT2D eigenvalue weighted by molar-refractivity contribution is 0.591. The standard InChI is InChI=1S/C21H27NO2S/c22-15-21(14-17-5-2-1-3-6-17)20-8-4-7-18(13-20)11-12-25(23,24)16-19-9-10-19/h1-8,13,19,21H,9-12,14-16,22H2. The van der Waals surface area contributed by atoms with Crippen molar-refractivity contribution >= 4 is 9.84 Å². The molecule has 0 heterocycles. The Morgan fingerprint density at radius 2 is 1.72 bits per heavy atom. The van der Waals surface area contributed by atoms with Gasteiger partial charge in [0.1, 0.15) is 0 Å². The molecule has 3 nitrogen and oxygen atoms in total. The molecule has 1 aliphatic rings. The van der Waals surface area contributed by atoms with Crippen molar-refractivity contribution in [3.8, 4) is 0 Å². The molecule has 1 atom stereocenters. The fourth-order valence-corrected chi connectivity index (χ4v) is 5.00. The summed E-state index contributed by atoms with van der Waals surface area (Å²) >= 11 is 0. The highest BCUT2D eigenvalue weighted by Gasteiger charge is 2.27. The molecule has 1 unspecified atom stereocenters. The van der Waals surface area contributed by atoms with Gasteiger partial charge in [-0.15, -0.1) is 0 Å². The summed E-state index contributed by atoms with van der Waals surface area (Å²) in [6.45, 7) is 0.582. The van der Waals surface area contributed by atoms with Crippen LogP contribution in [0.5, 0.6) is 0 Å². The third kappa shape index (κ3) is 5.68. The van der Waals surface area contributed by atoms with Crippen LogP contribution in [0.25, 0.3) is 0 Å². The van der Waals surface area contributed by atoms with Gasteiger partial charge in [-0.25, -0.2) is 8.42 Å². The van der Waals surface area contributed by atoms with Crippen LogP contribution in [0.15, 0.2) is 54.6 Å². The smallest absolute Gasteiger partial charge is 0.150 e. The Balaban J connectivity index is 1.65. The van der Waals surface area contributed by atoms with Gasteiger partial charge >= 0.3 is 0 Å². The van der Waals surface area contributed by atoms with Crippen molar-refractivity contribution in [1.82, 2.24) is 0 Å². The highest BCUT2D eigenvalue weighted by molar-refractivity contribution is 7.91. The SMILES string of the molecule is NCC(Cc1ccccc1)c1cccc(CCS(=O)(=O)CC2CC2)c1. The van der Waals surface area contributed by atoms with Crippen molar-refractivity contribution in [2.75, 3.05) is 18.1 Å². The monoisotopic (exact) mass is 357 g/mol. The zero-order valence-electron chi connectivity index (χ0n) is 14.6. The predicted octanol–water partition coefficient (Wildman–Crippen LogP) is 3.34. The van der Waals surface area contributed by atoms with E-state index in [-0.39, 0.29) is 11.7 Å². The second-order valence-corrected chi connectivity index (χ2v) is 9.40. The van der Waals surface area contributed by atoms with E-state index >= 15 is 0 Å². The molecule has 3 rings (SSSR count). The summed E-state index contributed by atoms with van der Waals surface area (Å²) in [6.07, 6.45) is 3.64. The molecule has 0 amide bonds. The summed E-state index contributed by atoms with van der Waals surface area (Å²) in [5.74, 6) is 1.29. The lowest BCUT2D eigenvalue weighted by Crippen LogP contribution is -2.16. The largest absolute Gasteiger partial charge is 0.330 e. The molecule has 2 aromatic rings. The van der Waals surface area contributed by atoms with Gasteiger partial charge in [-0.2, -0.15) is 0 Å². The van der Waals surface area contributed by atoms with Crippen LogP contribution in [0.2, 0.25) is 0 Å². The predicted molar refractivity (Wildman–Crippen MR) is 103 cm³/mol. The first-order valence-corrected chi connectivity index (χ1v) is 10.9. The normalized spacial score (nSPS) is 15.9. The van der Waals surface area contributed by atoms with Crippen LogP contribution in [-0.2, 0) is 22.7 Å². The average Bonchev–Trinajstić information content (AvgIpc) is 3.42. The van der Waals surface area contributed by atoms with E-state index in [9.17, 15) is 8.42 Å². The Labute approximate surface area is 151 Å². The van der Waals surface area contributed by atoms with E-state index in [1.807, 2.05) is 30.3 Å². The second-order valence-electron chi connectivity index (χ2n) is 7.18. The minimum Gasteiger partial charge on any atom is -0.330 e. The first-order valence-electron chi connectivity index (χ1n) is 9.09. The van der Waals surface area contributed by atoms with E-state index in [1.165, 1.54) is 11.1 Å². The Hall–Kier alpha value is -1.65. The van der Waals surface area contributed by atoms with Crippen LogP contribution in [0.4, 0.5) is 0 Å². The van der Waals surface area contributed by atoms with Crippen LogP contribution in [0, 0.1) is 5.92 Å². The molecule has 2 aromatic carbocycles. The third-order valence-corrected chi connectivity index (χ3v) is 6.73. The summed E-state index contributed by atoms with van der Waals surface area (Å²) in [5, 5.41) is 0. The highest BCUT2D eigenvalue weighted by Crippen LogP contribution is 2.30. The molecule has 0 spiro atoms. The first-order chi connectivity index (χ1) is 12.1. The van der Waals surface area contributed by atoms with Crippen molar-refractivity contribution in [2.45, 2.75) is 31.6 Å². The molecule has 0 saturated heterocycles. The number of aryl methyl sites for hydroxylation is 1. The van der Waals surface area contributed by atoms with E-state index in [0.717, 1.165) is 24.8 Å². The molecular weight excluding hydrogens is 330 g/mol. The van der Waals surface area contributed by atoms with E-state index in [2.05, 4.69) is 24.3 Å². The Bertz CT molecular complexity index is 783. The van der Waals surface area contributed by atoms with Gasteiger partial charge in [0.05, 0.1) is 11.5 Å². The lowest BCUT2D eigenvalue weighted by atomic mass is 9.91. The van der Waals surface area contributed by atoms with E-state index in [0.29, 0.717) is 24.6 Å². The maximum absolute atomic E-state index is 12.2. The molecule has 0 radical (unpaired) electrons. The molecule has 134 valence electrons. The molecule has 1 fully saturated rings. The number of benzene rings is 2. The van der Waals surface area contributed by atoms with Gasteiger partial charge in [-0.3, -0.25) is 0 Å². The number of nitrogens with two attached hydrogens (primary N) is 1. The molecule has 1 aliphatic carbocycles. The van der Waals surface area contributed by atoms with Gasteiger partial charge in [0, 0.05) is 5.92 Å². The molecule has 0 aromatic heterocycles. The van der Waals surface area contributed by atoms with Gasteiger partial charge in [-0.1, -0.05) is 54.6 Å². The summed E-state index contributed by atoms with van der Waals surface area (Å²) in [6, 6.07) is 18.6. The van der Waals surface area contributed by atoms with Gasteiger partial charge in [-0.05, 0) is 54.8 Å². The van der Waals surface area contributed by atoms with Crippen molar-refractivity contribution in [3.05, 3.63) is 71.3 Å². The Kier molecular flexibility index (Phi) is 5.92. The van der Waals surface area contributed by atoms with Gasteiger partial charge in [0.15, 0.2) is 9.84 Å². The minimum atomic E-state index is -2.93. The first kappa shape index (κ1) is 18.2. The lowest BCUT2D eigenvalue weighted by Gasteiger charge is -2.16. The molecule has 0 aliphatic heterocycles. The van der Waals surface area contributed by atoms with Crippen molar-refractivity contribution in [2.24, 2.45) is 11.7 Å². The van der Waals surface area contributed by atoms with Crippen LogP contribution in [0.1, 0.15) is 35.4 Å². The Morgan fingerprint density at radius 1 is 1.00 bits per heavy atom. The van der Waals surface area contributed by atoms with Crippen LogP contribution >= 0.6 is 0 Å². The molecule has 1 saturated carbocycles. The second kappa shape index (κ2) is 8.15. The fraction of sp³-hybridized carbons (Fsp3) is 0.429. The van der Waals surface area contributed by atoms with Crippen molar-refractivity contribution in [1.29, 1.82) is 0 Å². The zero-order chi connectivity index (χ0) is 17.7. The molecule has 25 heavy (non-hydrogen) atoms. The maximum Gasteiger partial charge on any atom is 0.150 e. The number of rotatable bonds is 9. The minimum absolute atomic E-state index is 0.249.